The molecule has 0 fully saturated rings. The smallest absolute Gasteiger partial charge is 0.307 e. The van der Waals surface area contributed by atoms with Gasteiger partial charge in [-0.25, -0.2) is 4.79 Å². The summed E-state index contributed by atoms with van der Waals surface area (Å²) in [5, 5.41) is 2.20. The van der Waals surface area contributed by atoms with Crippen molar-refractivity contribution in [2.45, 2.75) is 6.18 Å². The van der Waals surface area contributed by atoms with Crippen LogP contribution in [0.2, 0.25) is 5.02 Å². The summed E-state index contributed by atoms with van der Waals surface area (Å²) in [4.78, 5) is 13.3. The molecule has 116 valence electrons. The van der Waals surface area contributed by atoms with Crippen LogP contribution in [0.3, 0.4) is 0 Å². The third-order valence-corrected chi connectivity index (χ3v) is 3.21. The quantitative estimate of drug-likeness (QED) is 0.824. The molecular weight excluding hydrogens is 317 g/mol. The van der Waals surface area contributed by atoms with Gasteiger partial charge < -0.3 is 5.32 Å². The van der Waals surface area contributed by atoms with E-state index in [4.69, 9.17) is 11.6 Å². The molecule has 2 aromatic rings. The first-order valence-electron chi connectivity index (χ1n) is 6.25. The van der Waals surface area contributed by atoms with Crippen molar-refractivity contribution in [2.24, 2.45) is 0 Å². The zero-order valence-electron chi connectivity index (χ0n) is 11.5. The molecule has 1 N–H and O–H groups in total. The summed E-state index contributed by atoms with van der Waals surface area (Å²) < 4.78 is 38.9. The lowest BCUT2D eigenvalue weighted by Gasteiger charge is -2.20. The fourth-order valence-corrected chi connectivity index (χ4v) is 2.00. The highest BCUT2D eigenvalue weighted by Crippen LogP contribution is 2.36. The van der Waals surface area contributed by atoms with E-state index in [-0.39, 0.29) is 10.7 Å². The number of para-hydroxylation sites is 1. The fourth-order valence-electron chi connectivity index (χ4n) is 1.83. The molecule has 2 aromatic carbocycles. The zero-order chi connectivity index (χ0) is 16.3. The minimum Gasteiger partial charge on any atom is -0.307 e. The van der Waals surface area contributed by atoms with E-state index in [1.807, 2.05) is 0 Å². The highest BCUT2D eigenvalue weighted by Gasteiger charge is 2.34. The molecule has 3 nitrogen and oxygen atoms in total. The van der Waals surface area contributed by atoms with Gasteiger partial charge >= 0.3 is 12.2 Å². The number of nitrogens with one attached hydrogen (secondary N) is 1. The normalized spacial score (nSPS) is 11.1. The number of urea groups is 1. The molecule has 0 aliphatic rings. The Morgan fingerprint density at radius 2 is 1.77 bits per heavy atom. The average molecular weight is 329 g/mol. The second-order valence-electron chi connectivity index (χ2n) is 4.51. The van der Waals surface area contributed by atoms with Crippen LogP contribution in [0.25, 0.3) is 0 Å². The van der Waals surface area contributed by atoms with Gasteiger partial charge in [0.2, 0.25) is 0 Å². The molecular formula is C15H12ClF3N2O. The molecule has 0 aliphatic heterocycles. The SMILES string of the molecule is CN(C(=O)Nc1ccc(Cl)cc1C(F)(F)F)c1ccccc1. The van der Waals surface area contributed by atoms with Crippen molar-refractivity contribution in [3.8, 4) is 0 Å². The molecule has 0 unspecified atom stereocenters. The fraction of sp³-hybridized carbons (Fsp3) is 0.133. The molecule has 0 bridgehead atoms. The molecule has 0 heterocycles. The molecule has 22 heavy (non-hydrogen) atoms. The van der Waals surface area contributed by atoms with Crippen LogP contribution < -0.4 is 10.2 Å². The van der Waals surface area contributed by atoms with E-state index >= 15 is 0 Å². The van der Waals surface area contributed by atoms with E-state index in [0.717, 1.165) is 12.1 Å². The predicted molar refractivity (Wildman–Crippen MR) is 80.3 cm³/mol. The Morgan fingerprint density at radius 1 is 1.14 bits per heavy atom. The number of hydrogen-bond acceptors (Lipinski definition) is 1. The third-order valence-electron chi connectivity index (χ3n) is 2.98. The number of rotatable bonds is 2. The first-order chi connectivity index (χ1) is 10.3. The predicted octanol–water partition coefficient (Wildman–Crippen LogP) is 5.03. The van der Waals surface area contributed by atoms with Crippen LogP contribution in [-0.4, -0.2) is 13.1 Å². The van der Waals surface area contributed by atoms with Crippen molar-refractivity contribution in [1.82, 2.24) is 0 Å². The third kappa shape index (κ3) is 3.71. The largest absolute Gasteiger partial charge is 0.418 e. The van der Waals surface area contributed by atoms with Crippen LogP contribution in [0, 0.1) is 0 Å². The van der Waals surface area contributed by atoms with E-state index < -0.39 is 17.8 Å². The highest BCUT2D eigenvalue weighted by molar-refractivity contribution is 6.30. The van der Waals surface area contributed by atoms with Crippen molar-refractivity contribution in [1.29, 1.82) is 0 Å². The number of halogens is 4. The number of carbonyl (C=O) groups is 1. The Morgan fingerprint density at radius 3 is 2.36 bits per heavy atom. The van der Waals surface area contributed by atoms with Gasteiger partial charge in [-0.3, -0.25) is 4.90 Å². The molecule has 0 aromatic heterocycles. The van der Waals surface area contributed by atoms with Gasteiger partial charge in [-0.05, 0) is 30.3 Å². The van der Waals surface area contributed by atoms with Crippen LogP contribution in [0.5, 0.6) is 0 Å². The van der Waals surface area contributed by atoms with E-state index in [1.54, 1.807) is 30.3 Å². The lowest BCUT2D eigenvalue weighted by atomic mass is 10.1. The van der Waals surface area contributed by atoms with Crippen LogP contribution in [0.1, 0.15) is 5.56 Å². The Bertz CT molecular complexity index is 674. The molecule has 7 heteroatoms. The van der Waals surface area contributed by atoms with Gasteiger partial charge in [0, 0.05) is 17.8 Å². The summed E-state index contributed by atoms with van der Waals surface area (Å²) in [5.41, 5.74) is -0.776. The van der Waals surface area contributed by atoms with Gasteiger partial charge in [-0.15, -0.1) is 0 Å². The van der Waals surface area contributed by atoms with Crippen molar-refractivity contribution in [2.75, 3.05) is 17.3 Å². The topological polar surface area (TPSA) is 32.3 Å². The maximum Gasteiger partial charge on any atom is 0.418 e. The Hall–Kier alpha value is -2.21. The molecule has 0 atom stereocenters. The van der Waals surface area contributed by atoms with E-state index in [2.05, 4.69) is 5.32 Å². The van der Waals surface area contributed by atoms with Gasteiger partial charge in [0.1, 0.15) is 0 Å². The van der Waals surface area contributed by atoms with Crippen LogP contribution in [-0.2, 0) is 6.18 Å². The lowest BCUT2D eigenvalue weighted by Crippen LogP contribution is -2.31. The van der Waals surface area contributed by atoms with Crippen molar-refractivity contribution < 1.29 is 18.0 Å². The monoisotopic (exact) mass is 328 g/mol. The molecule has 2 amide bonds. The minimum absolute atomic E-state index is 0.0539. The van der Waals surface area contributed by atoms with Gasteiger partial charge in [-0.1, -0.05) is 29.8 Å². The summed E-state index contributed by atoms with van der Waals surface area (Å²) in [6, 6.07) is 11.1. The number of anilines is 2. The van der Waals surface area contributed by atoms with E-state index in [1.165, 1.54) is 18.0 Å². The summed E-state index contributed by atoms with van der Waals surface area (Å²) in [5.74, 6) is 0. The molecule has 0 radical (unpaired) electrons. The number of nitrogens with zero attached hydrogens (tertiary/aromatic N) is 1. The van der Waals surface area contributed by atoms with Gasteiger partial charge in [0.05, 0.1) is 11.3 Å². The Labute approximate surface area is 130 Å². The van der Waals surface area contributed by atoms with Gasteiger partial charge in [0.25, 0.3) is 0 Å². The standard InChI is InChI=1S/C15H12ClF3N2O/c1-21(11-5-3-2-4-6-11)14(22)20-13-8-7-10(16)9-12(13)15(17,18)19/h2-9H,1H3,(H,20,22). The van der Waals surface area contributed by atoms with Crippen molar-refractivity contribution in [3.05, 3.63) is 59.1 Å². The second-order valence-corrected chi connectivity index (χ2v) is 4.95. The summed E-state index contributed by atoms with van der Waals surface area (Å²) in [7, 11) is 1.47. The van der Waals surface area contributed by atoms with E-state index in [0.29, 0.717) is 5.69 Å². The number of amides is 2. The summed E-state index contributed by atoms with van der Waals surface area (Å²) in [6.07, 6.45) is -4.61. The molecule has 0 saturated heterocycles. The lowest BCUT2D eigenvalue weighted by molar-refractivity contribution is -0.136. The molecule has 0 aliphatic carbocycles. The first kappa shape index (κ1) is 16.2. The van der Waals surface area contributed by atoms with Crippen LogP contribution in [0.15, 0.2) is 48.5 Å². The summed E-state index contributed by atoms with van der Waals surface area (Å²) in [6.45, 7) is 0. The zero-order valence-corrected chi connectivity index (χ0v) is 12.2. The van der Waals surface area contributed by atoms with Crippen molar-refractivity contribution in [3.63, 3.8) is 0 Å². The van der Waals surface area contributed by atoms with E-state index in [9.17, 15) is 18.0 Å². The highest BCUT2D eigenvalue weighted by atomic mass is 35.5. The molecule has 0 saturated carbocycles. The number of carbonyl (C=O) groups excluding carboxylic acids is 1. The minimum atomic E-state index is -4.61. The maximum atomic E-state index is 13.0. The van der Waals surface area contributed by atoms with Gasteiger partial charge in [0.15, 0.2) is 0 Å². The van der Waals surface area contributed by atoms with Crippen molar-refractivity contribution >= 4 is 29.0 Å². The Kier molecular flexibility index (Phi) is 4.61. The van der Waals surface area contributed by atoms with Crippen LogP contribution >= 0.6 is 11.6 Å². The maximum absolute atomic E-state index is 13.0. The molecule has 0 spiro atoms. The first-order valence-corrected chi connectivity index (χ1v) is 6.63. The Balaban J connectivity index is 2.26. The molecule has 2 rings (SSSR count). The second kappa shape index (κ2) is 6.27. The number of hydrogen-bond donors (Lipinski definition) is 1. The number of benzene rings is 2. The summed E-state index contributed by atoms with van der Waals surface area (Å²) >= 11 is 5.59. The van der Waals surface area contributed by atoms with Crippen LogP contribution in [0.4, 0.5) is 29.3 Å². The van der Waals surface area contributed by atoms with Gasteiger partial charge in [-0.2, -0.15) is 13.2 Å². The average Bonchev–Trinajstić information content (AvgIpc) is 2.48. The number of alkyl halides is 3.